The Hall–Kier alpha value is -2.40. The lowest BCUT2D eigenvalue weighted by Gasteiger charge is -2.32. The van der Waals surface area contributed by atoms with E-state index in [-0.39, 0.29) is 11.8 Å². The predicted octanol–water partition coefficient (Wildman–Crippen LogP) is 3.34. The molecule has 0 atom stereocenters. The summed E-state index contributed by atoms with van der Waals surface area (Å²) >= 11 is 5.89. The Balaban J connectivity index is 1.37. The third-order valence-corrected chi connectivity index (χ3v) is 5.24. The molecule has 2 aromatic rings. The maximum absolute atomic E-state index is 12.4. The summed E-state index contributed by atoms with van der Waals surface area (Å²) in [7, 11) is 0. The molecule has 0 bridgehead atoms. The van der Waals surface area contributed by atoms with Crippen LogP contribution in [0.4, 0.5) is 0 Å². The van der Waals surface area contributed by atoms with Crippen LogP contribution in [0.25, 0.3) is 0 Å². The number of aromatic nitrogens is 1. The molecule has 1 N–H and O–H groups in total. The largest absolute Gasteiger partial charge is 0.352 e. The molecule has 0 spiro atoms. The van der Waals surface area contributed by atoms with Crippen molar-refractivity contribution in [2.75, 3.05) is 19.6 Å². The SMILES string of the molecule is O=C(NCC1CCN(C(=O)CCc2ccc(Cl)cc2)CC1)c1cccnc1. The van der Waals surface area contributed by atoms with Crippen LogP contribution in [0.3, 0.4) is 0 Å². The first-order chi connectivity index (χ1) is 13.1. The monoisotopic (exact) mass is 385 g/mol. The second-order valence-electron chi connectivity index (χ2n) is 6.90. The van der Waals surface area contributed by atoms with Gasteiger partial charge < -0.3 is 10.2 Å². The number of pyridine rings is 1. The first-order valence-electron chi connectivity index (χ1n) is 9.32. The fourth-order valence-electron chi connectivity index (χ4n) is 3.28. The van der Waals surface area contributed by atoms with Gasteiger partial charge in [0, 0.05) is 43.5 Å². The number of halogens is 1. The van der Waals surface area contributed by atoms with Crippen molar-refractivity contribution in [3.63, 3.8) is 0 Å². The molecule has 0 aliphatic carbocycles. The third kappa shape index (κ3) is 5.79. The molecule has 1 aliphatic rings. The van der Waals surface area contributed by atoms with Crippen LogP contribution < -0.4 is 5.32 Å². The van der Waals surface area contributed by atoms with Gasteiger partial charge in [0.25, 0.3) is 5.91 Å². The minimum atomic E-state index is -0.0930. The molecule has 1 aromatic heterocycles. The van der Waals surface area contributed by atoms with Gasteiger partial charge in [-0.05, 0) is 55.0 Å². The number of amides is 2. The Morgan fingerprint density at radius 1 is 1.15 bits per heavy atom. The minimum absolute atomic E-state index is 0.0930. The summed E-state index contributed by atoms with van der Waals surface area (Å²) in [5, 5.41) is 3.68. The molecule has 0 unspecified atom stereocenters. The lowest BCUT2D eigenvalue weighted by Crippen LogP contribution is -2.41. The van der Waals surface area contributed by atoms with Crippen LogP contribution in [0.5, 0.6) is 0 Å². The fourth-order valence-corrected chi connectivity index (χ4v) is 3.41. The number of carbonyl (C=O) groups is 2. The van der Waals surface area contributed by atoms with E-state index in [1.54, 1.807) is 24.5 Å². The van der Waals surface area contributed by atoms with Crippen LogP contribution in [-0.4, -0.2) is 41.3 Å². The smallest absolute Gasteiger partial charge is 0.252 e. The van der Waals surface area contributed by atoms with Crippen molar-refractivity contribution < 1.29 is 9.59 Å². The van der Waals surface area contributed by atoms with Gasteiger partial charge in [-0.25, -0.2) is 0 Å². The highest BCUT2D eigenvalue weighted by Crippen LogP contribution is 2.18. The summed E-state index contributed by atoms with van der Waals surface area (Å²) < 4.78 is 0. The first kappa shape index (κ1) is 19.4. The number of nitrogens with zero attached hydrogens (tertiary/aromatic N) is 2. The second-order valence-corrected chi connectivity index (χ2v) is 7.34. The van der Waals surface area contributed by atoms with E-state index in [4.69, 9.17) is 11.6 Å². The van der Waals surface area contributed by atoms with Crippen molar-refractivity contribution in [1.29, 1.82) is 0 Å². The van der Waals surface area contributed by atoms with E-state index in [0.717, 1.165) is 37.9 Å². The van der Waals surface area contributed by atoms with Crippen LogP contribution in [0.1, 0.15) is 35.2 Å². The topological polar surface area (TPSA) is 62.3 Å². The molecule has 0 saturated carbocycles. The molecule has 0 radical (unpaired) electrons. The Kier molecular flexibility index (Phi) is 6.82. The number of aryl methyl sites for hydroxylation is 1. The highest BCUT2D eigenvalue weighted by Gasteiger charge is 2.23. The van der Waals surface area contributed by atoms with Crippen molar-refractivity contribution in [3.05, 3.63) is 64.9 Å². The number of nitrogens with one attached hydrogen (secondary N) is 1. The normalized spacial score (nSPS) is 14.8. The van der Waals surface area contributed by atoms with Gasteiger partial charge in [-0.15, -0.1) is 0 Å². The van der Waals surface area contributed by atoms with E-state index in [1.807, 2.05) is 29.2 Å². The van der Waals surface area contributed by atoms with Gasteiger partial charge in [0.1, 0.15) is 0 Å². The van der Waals surface area contributed by atoms with Crippen molar-refractivity contribution in [2.24, 2.45) is 5.92 Å². The van der Waals surface area contributed by atoms with Gasteiger partial charge in [-0.1, -0.05) is 23.7 Å². The van der Waals surface area contributed by atoms with Crippen LogP contribution in [0.15, 0.2) is 48.8 Å². The summed E-state index contributed by atoms with van der Waals surface area (Å²) in [5.41, 5.74) is 1.70. The fraction of sp³-hybridized carbons (Fsp3) is 0.381. The average molecular weight is 386 g/mol. The van der Waals surface area contributed by atoms with Gasteiger partial charge in [0.05, 0.1) is 5.56 Å². The zero-order chi connectivity index (χ0) is 19.1. The highest BCUT2D eigenvalue weighted by molar-refractivity contribution is 6.30. The third-order valence-electron chi connectivity index (χ3n) is 4.98. The van der Waals surface area contributed by atoms with Crippen LogP contribution in [0.2, 0.25) is 5.02 Å². The van der Waals surface area contributed by atoms with Gasteiger partial charge in [0.15, 0.2) is 0 Å². The Labute approximate surface area is 164 Å². The van der Waals surface area contributed by atoms with Gasteiger partial charge in [-0.2, -0.15) is 0 Å². The average Bonchev–Trinajstić information content (AvgIpc) is 2.72. The number of rotatable bonds is 6. The van der Waals surface area contributed by atoms with Crippen molar-refractivity contribution in [1.82, 2.24) is 15.2 Å². The van der Waals surface area contributed by atoms with Crippen molar-refractivity contribution >= 4 is 23.4 Å². The zero-order valence-electron chi connectivity index (χ0n) is 15.2. The van der Waals surface area contributed by atoms with Gasteiger partial charge in [0.2, 0.25) is 5.91 Å². The molecule has 3 rings (SSSR count). The Morgan fingerprint density at radius 2 is 1.89 bits per heavy atom. The van der Waals surface area contributed by atoms with Gasteiger partial charge in [-0.3, -0.25) is 14.6 Å². The minimum Gasteiger partial charge on any atom is -0.352 e. The van der Waals surface area contributed by atoms with Crippen molar-refractivity contribution in [3.8, 4) is 0 Å². The van der Waals surface area contributed by atoms with Crippen LogP contribution in [0, 0.1) is 5.92 Å². The standard InChI is InChI=1S/C21H24ClN3O2/c22-19-6-3-16(4-7-19)5-8-20(26)25-12-9-17(10-13-25)14-24-21(27)18-2-1-11-23-15-18/h1-4,6-7,11,15,17H,5,8-10,12-14H2,(H,24,27). The van der Waals surface area contributed by atoms with E-state index in [1.165, 1.54) is 0 Å². The molecule has 1 aromatic carbocycles. The molecular formula is C21H24ClN3O2. The molecule has 142 valence electrons. The predicted molar refractivity (Wildman–Crippen MR) is 106 cm³/mol. The number of carbonyl (C=O) groups excluding carboxylic acids is 2. The van der Waals surface area contributed by atoms with E-state index in [0.29, 0.717) is 29.5 Å². The van der Waals surface area contributed by atoms with E-state index in [9.17, 15) is 9.59 Å². The maximum atomic E-state index is 12.4. The van der Waals surface area contributed by atoms with Crippen LogP contribution >= 0.6 is 11.6 Å². The molecule has 2 heterocycles. The lowest BCUT2D eigenvalue weighted by atomic mass is 9.96. The van der Waals surface area contributed by atoms with Crippen LogP contribution in [-0.2, 0) is 11.2 Å². The molecule has 1 aliphatic heterocycles. The summed E-state index contributed by atoms with van der Waals surface area (Å²) in [6.07, 6.45) is 6.30. The number of piperidine rings is 1. The highest BCUT2D eigenvalue weighted by atomic mass is 35.5. The zero-order valence-corrected chi connectivity index (χ0v) is 16.0. The molecule has 1 saturated heterocycles. The van der Waals surface area contributed by atoms with E-state index in [2.05, 4.69) is 10.3 Å². The number of likely N-dealkylation sites (tertiary alicyclic amines) is 1. The quantitative estimate of drug-likeness (QED) is 0.829. The summed E-state index contributed by atoms with van der Waals surface area (Å²) in [4.78, 5) is 30.4. The Morgan fingerprint density at radius 3 is 2.56 bits per heavy atom. The van der Waals surface area contributed by atoms with E-state index < -0.39 is 0 Å². The molecule has 27 heavy (non-hydrogen) atoms. The first-order valence-corrected chi connectivity index (χ1v) is 9.70. The van der Waals surface area contributed by atoms with E-state index >= 15 is 0 Å². The maximum Gasteiger partial charge on any atom is 0.252 e. The van der Waals surface area contributed by atoms with Gasteiger partial charge >= 0.3 is 0 Å². The number of hydrogen-bond donors (Lipinski definition) is 1. The summed E-state index contributed by atoms with van der Waals surface area (Å²) in [6, 6.07) is 11.1. The molecule has 6 heteroatoms. The molecular weight excluding hydrogens is 362 g/mol. The summed E-state index contributed by atoms with van der Waals surface area (Å²) in [5.74, 6) is 0.512. The number of benzene rings is 1. The second kappa shape index (κ2) is 9.51. The van der Waals surface area contributed by atoms with Crippen molar-refractivity contribution in [2.45, 2.75) is 25.7 Å². The molecule has 1 fully saturated rings. The molecule has 2 amide bonds. The summed E-state index contributed by atoms with van der Waals surface area (Å²) in [6.45, 7) is 2.15. The lowest BCUT2D eigenvalue weighted by molar-refractivity contribution is -0.132. The molecule has 5 nitrogen and oxygen atoms in total. The number of hydrogen-bond acceptors (Lipinski definition) is 3. The Bertz CT molecular complexity index is 757.